The van der Waals surface area contributed by atoms with Crippen LogP contribution >= 0.6 is 0 Å². The highest BCUT2D eigenvalue weighted by Crippen LogP contribution is 2.38. The van der Waals surface area contributed by atoms with Gasteiger partial charge in [-0.2, -0.15) is 0 Å². The van der Waals surface area contributed by atoms with Crippen molar-refractivity contribution in [2.75, 3.05) is 6.54 Å². The SMILES string of the molecule is CC(C)(C)NC(=O)N1[CH]C2CCCCC2CC1. The summed E-state index contributed by atoms with van der Waals surface area (Å²) in [7, 11) is 0. The molecule has 1 saturated carbocycles. The highest BCUT2D eigenvalue weighted by atomic mass is 16.2. The average Bonchev–Trinajstić information content (AvgIpc) is 2.26. The first-order chi connectivity index (χ1) is 7.96. The average molecular weight is 237 g/mol. The lowest BCUT2D eigenvalue weighted by molar-refractivity contribution is 0.133. The van der Waals surface area contributed by atoms with Crippen LogP contribution in [0.3, 0.4) is 0 Å². The lowest BCUT2D eigenvalue weighted by atomic mass is 9.75. The molecule has 3 nitrogen and oxygen atoms in total. The Balaban J connectivity index is 1.89. The number of likely N-dealkylation sites (tertiary alicyclic amines) is 1. The molecule has 0 bridgehead atoms. The molecular formula is C14H25N2O. The van der Waals surface area contributed by atoms with E-state index >= 15 is 0 Å². The van der Waals surface area contributed by atoms with E-state index in [-0.39, 0.29) is 11.6 Å². The number of amides is 2. The van der Waals surface area contributed by atoms with Gasteiger partial charge in [0.25, 0.3) is 0 Å². The molecule has 1 saturated heterocycles. The summed E-state index contributed by atoms with van der Waals surface area (Å²) in [5.41, 5.74) is -0.145. The molecule has 2 fully saturated rings. The minimum atomic E-state index is -0.145. The number of carbonyl (C=O) groups is 1. The quantitative estimate of drug-likeness (QED) is 0.689. The maximum atomic E-state index is 12.1. The summed E-state index contributed by atoms with van der Waals surface area (Å²) < 4.78 is 0. The van der Waals surface area contributed by atoms with Crippen LogP contribution in [0.25, 0.3) is 0 Å². The maximum Gasteiger partial charge on any atom is 0.318 e. The van der Waals surface area contributed by atoms with E-state index in [0.29, 0.717) is 5.92 Å². The van der Waals surface area contributed by atoms with Crippen molar-refractivity contribution in [3.8, 4) is 0 Å². The molecule has 0 aromatic rings. The lowest BCUT2D eigenvalue weighted by Gasteiger charge is -2.41. The molecule has 0 spiro atoms. The predicted molar refractivity (Wildman–Crippen MR) is 69.4 cm³/mol. The molecule has 2 unspecified atom stereocenters. The van der Waals surface area contributed by atoms with Gasteiger partial charge < -0.3 is 10.2 Å². The van der Waals surface area contributed by atoms with Crippen molar-refractivity contribution < 1.29 is 4.79 Å². The Labute approximate surface area is 105 Å². The number of hydrogen-bond donors (Lipinski definition) is 1. The van der Waals surface area contributed by atoms with Crippen LogP contribution in [0.5, 0.6) is 0 Å². The largest absolute Gasteiger partial charge is 0.333 e. The highest BCUT2D eigenvalue weighted by Gasteiger charge is 2.34. The Morgan fingerprint density at radius 1 is 1.24 bits per heavy atom. The van der Waals surface area contributed by atoms with Gasteiger partial charge in [-0.25, -0.2) is 4.79 Å². The Hall–Kier alpha value is -0.730. The van der Waals surface area contributed by atoms with Crippen molar-refractivity contribution in [3.63, 3.8) is 0 Å². The van der Waals surface area contributed by atoms with Crippen LogP contribution in [-0.4, -0.2) is 23.0 Å². The molecule has 2 amide bonds. The topological polar surface area (TPSA) is 32.3 Å². The predicted octanol–water partition coefficient (Wildman–Crippen LogP) is 3.17. The van der Waals surface area contributed by atoms with E-state index in [9.17, 15) is 4.79 Å². The van der Waals surface area contributed by atoms with Crippen molar-refractivity contribution in [1.29, 1.82) is 0 Å². The second kappa shape index (κ2) is 4.87. The molecule has 1 N–H and O–H groups in total. The van der Waals surface area contributed by atoms with Gasteiger partial charge in [-0.3, -0.25) is 0 Å². The number of urea groups is 1. The molecule has 2 aliphatic rings. The number of fused-ring (bicyclic) bond motifs is 1. The standard InChI is InChI=1S/C14H25N2O/c1-14(2,3)15-13(17)16-9-8-11-6-4-5-7-12(11)10-16/h10-12H,4-9H2,1-3H3,(H,15,17). The number of hydrogen-bond acceptors (Lipinski definition) is 1. The number of piperidine rings is 1. The van der Waals surface area contributed by atoms with Crippen molar-refractivity contribution in [1.82, 2.24) is 10.2 Å². The van der Waals surface area contributed by atoms with Crippen molar-refractivity contribution >= 4 is 6.03 Å². The smallest absolute Gasteiger partial charge is 0.318 e. The molecule has 2 atom stereocenters. The van der Waals surface area contributed by atoms with Gasteiger partial charge in [0, 0.05) is 12.1 Å². The van der Waals surface area contributed by atoms with Gasteiger partial charge in [-0.05, 0) is 45.4 Å². The zero-order chi connectivity index (χ0) is 12.5. The summed E-state index contributed by atoms with van der Waals surface area (Å²) in [6.07, 6.45) is 6.51. The molecule has 1 aliphatic carbocycles. The van der Waals surface area contributed by atoms with Crippen LogP contribution in [0.1, 0.15) is 52.9 Å². The van der Waals surface area contributed by atoms with E-state index in [4.69, 9.17) is 0 Å². The van der Waals surface area contributed by atoms with Gasteiger partial charge >= 0.3 is 6.03 Å². The van der Waals surface area contributed by atoms with E-state index in [1.807, 2.05) is 25.7 Å². The van der Waals surface area contributed by atoms with Crippen LogP contribution in [-0.2, 0) is 0 Å². The summed E-state index contributed by atoms with van der Waals surface area (Å²) in [6.45, 7) is 9.16. The zero-order valence-corrected chi connectivity index (χ0v) is 11.3. The summed E-state index contributed by atoms with van der Waals surface area (Å²) in [4.78, 5) is 14.0. The molecule has 1 heterocycles. The molecule has 3 heteroatoms. The number of nitrogens with one attached hydrogen (secondary N) is 1. The minimum Gasteiger partial charge on any atom is -0.333 e. The van der Waals surface area contributed by atoms with Crippen LogP contribution in [0, 0.1) is 18.4 Å². The number of nitrogens with zero attached hydrogens (tertiary/aromatic N) is 1. The molecule has 0 aromatic carbocycles. The van der Waals surface area contributed by atoms with Crippen molar-refractivity contribution in [2.24, 2.45) is 11.8 Å². The monoisotopic (exact) mass is 237 g/mol. The molecule has 0 aromatic heterocycles. The van der Waals surface area contributed by atoms with E-state index in [1.54, 1.807) is 0 Å². The molecule has 17 heavy (non-hydrogen) atoms. The van der Waals surface area contributed by atoms with Gasteiger partial charge in [0.2, 0.25) is 0 Å². The zero-order valence-electron chi connectivity index (χ0n) is 11.3. The fourth-order valence-electron chi connectivity index (χ4n) is 2.96. The second-order valence-electron chi connectivity index (χ2n) is 6.52. The third-order valence-corrected chi connectivity index (χ3v) is 3.82. The Morgan fingerprint density at radius 3 is 2.65 bits per heavy atom. The Bertz CT molecular complexity index is 282. The summed E-state index contributed by atoms with van der Waals surface area (Å²) in [6, 6.07) is 0.0709. The van der Waals surface area contributed by atoms with E-state index in [1.165, 1.54) is 32.1 Å². The Morgan fingerprint density at radius 2 is 1.94 bits per heavy atom. The third-order valence-electron chi connectivity index (χ3n) is 3.82. The first-order valence-electron chi connectivity index (χ1n) is 6.89. The molecule has 2 rings (SSSR count). The maximum absolute atomic E-state index is 12.1. The fraction of sp³-hybridized carbons (Fsp3) is 0.857. The number of carbonyl (C=O) groups excluding carboxylic acids is 1. The normalized spacial score (nSPS) is 29.7. The molecule has 1 aliphatic heterocycles. The van der Waals surface area contributed by atoms with Crippen molar-refractivity contribution in [3.05, 3.63) is 6.54 Å². The van der Waals surface area contributed by atoms with Crippen LogP contribution < -0.4 is 5.32 Å². The van der Waals surface area contributed by atoms with E-state index < -0.39 is 0 Å². The second-order valence-corrected chi connectivity index (χ2v) is 6.52. The van der Waals surface area contributed by atoms with Gasteiger partial charge in [0.1, 0.15) is 0 Å². The first kappa shape index (κ1) is 12.7. The van der Waals surface area contributed by atoms with Gasteiger partial charge in [-0.15, -0.1) is 0 Å². The van der Waals surface area contributed by atoms with E-state index in [0.717, 1.165) is 12.5 Å². The fourth-order valence-corrected chi connectivity index (χ4v) is 2.96. The minimum absolute atomic E-state index is 0.0709. The highest BCUT2D eigenvalue weighted by molar-refractivity contribution is 5.75. The first-order valence-corrected chi connectivity index (χ1v) is 6.89. The van der Waals surface area contributed by atoms with E-state index in [2.05, 4.69) is 11.9 Å². The number of rotatable bonds is 0. The van der Waals surface area contributed by atoms with Gasteiger partial charge in [-0.1, -0.05) is 19.3 Å². The summed E-state index contributed by atoms with van der Waals surface area (Å²) >= 11 is 0. The van der Waals surface area contributed by atoms with Crippen LogP contribution in [0.4, 0.5) is 4.79 Å². The molecule has 97 valence electrons. The van der Waals surface area contributed by atoms with Crippen LogP contribution in [0.2, 0.25) is 0 Å². The summed E-state index contributed by atoms with van der Waals surface area (Å²) in [5, 5.41) is 3.04. The van der Waals surface area contributed by atoms with Gasteiger partial charge in [0.05, 0.1) is 6.54 Å². The third kappa shape index (κ3) is 3.36. The molecular weight excluding hydrogens is 212 g/mol. The van der Waals surface area contributed by atoms with Crippen molar-refractivity contribution in [2.45, 2.75) is 58.4 Å². The van der Waals surface area contributed by atoms with Crippen LogP contribution in [0.15, 0.2) is 0 Å². The summed E-state index contributed by atoms with van der Waals surface area (Å²) in [5.74, 6) is 1.48. The Kier molecular flexibility index (Phi) is 3.64. The van der Waals surface area contributed by atoms with Gasteiger partial charge in [0.15, 0.2) is 0 Å². The lowest BCUT2D eigenvalue weighted by Crippen LogP contribution is -2.51. The molecule has 1 radical (unpaired) electrons.